The molecule has 0 spiro atoms. The zero-order valence-corrected chi connectivity index (χ0v) is 30.5. The van der Waals surface area contributed by atoms with Gasteiger partial charge in [0.05, 0.1) is 22.6 Å². The third-order valence-electron chi connectivity index (χ3n) is 10.7. The van der Waals surface area contributed by atoms with Gasteiger partial charge in [0.25, 0.3) is 0 Å². The number of benzene rings is 8. The molecule has 0 fully saturated rings. The summed E-state index contributed by atoms with van der Waals surface area (Å²) in [5.74, 6) is 0.701. The molecule has 11 aromatic rings. The zero-order valence-electron chi connectivity index (χ0n) is 29.6. The largest absolute Gasteiger partial charge is 0.247 e. The van der Waals surface area contributed by atoms with E-state index in [1.165, 1.54) is 58.2 Å². The van der Waals surface area contributed by atoms with Crippen molar-refractivity contribution in [1.29, 1.82) is 0 Å². The van der Waals surface area contributed by atoms with Gasteiger partial charge in [-0.2, -0.15) is 0 Å². The Bertz CT molecular complexity index is 3240. The maximum absolute atomic E-state index is 5.24. The first-order valence-electron chi connectivity index (χ1n) is 18.5. The summed E-state index contributed by atoms with van der Waals surface area (Å²) in [6.07, 6.45) is 0. The summed E-state index contributed by atoms with van der Waals surface area (Å²) >= 11 is 1.83. The number of para-hydroxylation sites is 1. The average molecular weight is 718 g/mol. The number of hydrogen-bond donors (Lipinski definition) is 0. The summed E-state index contributed by atoms with van der Waals surface area (Å²) in [6, 6.07) is 66.7. The summed E-state index contributed by atoms with van der Waals surface area (Å²) < 4.78 is 2.48. The Morgan fingerprint density at radius 2 is 0.964 bits per heavy atom. The van der Waals surface area contributed by atoms with E-state index in [4.69, 9.17) is 15.0 Å². The third-order valence-corrected chi connectivity index (χ3v) is 11.9. The van der Waals surface area contributed by atoms with E-state index >= 15 is 0 Å². The Morgan fingerprint density at radius 1 is 0.345 bits per heavy atom. The van der Waals surface area contributed by atoms with Crippen LogP contribution in [0.25, 0.3) is 109 Å². The van der Waals surface area contributed by atoms with Gasteiger partial charge in [0, 0.05) is 47.8 Å². The van der Waals surface area contributed by atoms with Crippen LogP contribution in [-0.4, -0.2) is 15.0 Å². The molecule has 0 amide bonds. The molecule has 8 aromatic carbocycles. The molecule has 0 aliphatic carbocycles. The summed E-state index contributed by atoms with van der Waals surface area (Å²) in [5, 5.41) is 8.60. The van der Waals surface area contributed by atoms with Crippen molar-refractivity contribution in [2.45, 2.75) is 0 Å². The molecule has 0 bridgehead atoms. The van der Waals surface area contributed by atoms with Crippen molar-refractivity contribution in [3.05, 3.63) is 188 Å². The molecule has 0 aliphatic rings. The van der Waals surface area contributed by atoms with Gasteiger partial charge >= 0.3 is 0 Å². The molecule has 0 radical (unpaired) electrons. The van der Waals surface area contributed by atoms with Crippen LogP contribution in [0, 0.1) is 0 Å². The first-order chi connectivity index (χ1) is 27.2. The molecule has 0 unspecified atom stereocenters. The lowest BCUT2D eigenvalue weighted by molar-refractivity contribution is 1.18. The smallest absolute Gasteiger partial charge is 0.160 e. The Balaban J connectivity index is 1.04. The highest BCUT2D eigenvalue weighted by molar-refractivity contribution is 7.26. The predicted octanol–water partition coefficient (Wildman–Crippen LogP) is 14.0. The lowest BCUT2D eigenvalue weighted by Gasteiger charge is -2.11. The number of nitrogens with zero attached hydrogens (tertiary/aromatic N) is 3. The summed E-state index contributed by atoms with van der Waals surface area (Å²) in [5.41, 5.74) is 10.3. The number of fused-ring (bicyclic) bond motifs is 8. The molecule has 0 aliphatic heterocycles. The van der Waals surface area contributed by atoms with Crippen LogP contribution in [0.1, 0.15) is 0 Å². The maximum atomic E-state index is 5.24. The maximum Gasteiger partial charge on any atom is 0.160 e. The van der Waals surface area contributed by atoms with E-state index in [2.05, 4.69) is 170 Å². The molecule has 0 saturated carbocycles. The van der Waals surface area contributed by atoms with Crippen molar-refractivity contribution in [3.8, 4) is 56.3 Å². The van der Waals surface area contributed by atoms with E-state index in [1.54, 1.807) is 0 Å². The van der Waals surface area contributed by atoms with Crippen molar-refractivity contribution in [3.63, 3.8) is 0 Å². The van der Waals surface area contributed by atoms with Gasteiger partial charge in [0.2, 0.25) is 0 Å². The molecular weight excluding hydrogens is 687 g/mol. The van der Waals surface area contributed by atoms with Gasteiger partial charge in [-0.1, -0.05) is 158 Å². The van der Waals surface area contributed by atoms with Crippen LogP contribution in [-0.2, 0) is 0 Å². The molecule has 4 heteroatoms. The zero-order chi connectivity index (χ0) is 36.3. The van der Waals surface area contributed by atoms with Gasteiger partial charge in [0.15, 0.2) is 5.82 Å². The quantitative estimate of drug-likeness (QED) is 0.166. The van der Waals surface area contributed by atoms with Crippen molar-refractivity contribution >= 4 is 64.0 Å². The molecule has 0 saturated heterocycles. The number of hydrogen-bond acceptors (Lipinski definition) is 4. The Kier molecular flexibility index (Phi) is 7.35. The van der Waals surface area contributed by atoms with Crippen LogP contribution >= 0.6 is 11.3 Å². The summed E-state index contributed by atoms with van der Waals surface area (Å²) in [4.78, 5) is 15.6. The normalized spacial score (nSPS) is 11.6. The standard InChI is InChI=1S/C51H31N3S/c1-3-12-35(13-4-1)49-48-43-30-39(26-28-47(43)55-50(48)42-17-9-10-18-44(42)52-49)46-31-45(53-51(54-46)36-14-5-2-6-15-36)34-22-19-32(20-23-34)37-25-27-41-38(29-37)24-21-33-11-7-8-16-40(33)41/h1-31H. The van der Waals surface area contributed by atoms with Crippen LogP contribution in [0.5, 0.6) is 0 Å². The molecule has 256 valence electrons. The van der Waals surface area contributed by atoms with Crippen LogP contribution in [0.4, 0.5) is 0 Å². The SMILES string of the molecule is c1ccc(-c2nc(-c3ccc(-c4ccc5c(ccc6ccccc65)c4)cc3)cc(-c3ccc4sc5c6ccccc6nc(-c6ccccc6)c5c4c3)n2)cc1. The first kappa shape index (κ1) is 31.5. The minimum atomic E-state index is 0.701. The molecule has 3 heterocycles. The van der Waals surface area contributed by atoms with E-state index in [0.717, 1.165) is 44.9 Å². The second kappa shape index (κ2) is 12.8. The molecule has 0 atom stereocenters. The summed E-state index contributed by atoms with van der Waals surface area (Å²) in [7, 11) is 0. The lowest BCUT2D eigenvalue weighted by Crippen LogP contribution is -1.96. The van der Waals surface area contributed by atoms with Gasteiger partial charge in [-0.15, -0.1) is 11.3 Å². The van der Waals surface area contributed by atoms with Crippen LogP contribution in [0.2, 0.25) is 0 Å². The average Bonchev–Trinajstić information content (AvgIpc) is 3.66. The van der Waals surface area contributed by atoms with E-state index < -0.39 is 0 Å². The fourth-order valence-electron chi connectivity index (χ4n) is 7.91. The molecular formula is C51H31N3S. The molecule has 0 N–H and O–H groups in total. The molecule has 11 rings (SSSR count). The van der Waals surface area contributed by atoms with Crippen LogP contribution < -0.4 is 0 Å². The number of pyridine rings is 1. The van der Waals surface area contributed by atoms with Crippen molar-refractivity contribution in [2.24, 2.45) is 0 Å². The van der Waals surface area contributed by atoms with Crippen molar-refractivity contribution < 1.29 is 0 Å². The topological polar surface area (TPSA) is 38.7 Å². The fraction of sp³-hybridized carbons (Fsp3) is 0. The third kappa shape index (κ3) is 5.46. The Morgan fingerprint density at radius 3 is 1.78 bits per heavy atom. The minimum absolute atomic E-state index is 0.701. The predicted molar refractivity (Wildman–Crippen MR) is 232 cm³/mol. The van der Waals surface area contributed by atoms with E-state index in [0.29, 0.717) is 5.82 Å². The van der Waals surface area contributed by atoms with Gasteiger partial charge in [0.1, 0.15) is 0 Å². The Hall–Kier alpha value is -7.01. The van der Waals surface area contributed by atoms with Gasteiger partial charge < -0.3 is 0 Å². The second-order valence-corrected chi connectivity index (χ2v) is 15.0. The van der Waals surface area contributed by atoms with Crippen molar-refractivity contribution in [1.82, 2.24) is 15.0 Å². The number of thiophene rings is 1. The highest BCUT2D eigenvalue weighted by atomic mass is 32.1. The lowest BCUT2D eigenvalue weighted by atomic mass is 9.96. The summed E-state index contributed by atoms with van der Waals surface area (Å²) in [6.45, 7) is 0. The van der Waals surface area contributed by atoms with E-state index in [1.807, 2.05) is 29.5 Å². The molecule has 3 aromatic heterocycles. The highest BCUT2D eigenvalue weighted by Crippen LogP contribution is 2.44. The highest BCUT2D eigenvalue weighted by Gasteiger charge is 2.18. The van der Waals surface area contributed by atoms with Gasteiger partial charge in [-0.3, -0.25) is 0 Å². The molecule has 3 nitrogen and oxygen atoms in total. The monoisotopic (exact) mass is 717 g/mol. The number of rotatable bonds is 5. The van der Waals surface area contributed by atoms with Crippen LogP contribution in [0.3, 0.4) is 0 Å². The second-order valence-electron chi connectivity index (χ2n) is 14.0. The minimum Gasteiger partial charge on any atom is -0.247 e. The van der Waals surface area contributed by atoms with E-state index in [9.17, 15) is 0 Å². The van der Waals surface area contributed by atoms with Crippen molar-refractivity contribution in [2.75, 3.05) is 0 Å². The Labute approximate surface area is 321 Å². The van der Waals surface area contributed by atoms with E-state index in [-0.39, 0.29) is 0 Å². The van der Waals surface area contributed by atoms with Gasteiger partial charge in [-0.25, -0.2) is 15.0 Å². The van der Waals surface area contributed by atoms with Crippen LogP contribution in [0.15, 0.2) is 188 Å². The molecule has 55 heavy (non-hydrogen) atoms. The van der Waals surface area contributed by atoms with Gasteiger partial charge in [-0.05, 0) is 63.0 Å². The fourth-order valence-corrected chi connectivity index (χ4v) is 9.13. The number of aromatic nitrogens is 3. The first-order valence-corrected chi connectivity index (χ1v) is 19.3.